The van der Waals surface area contributed by atoms with Gasteiger partial charge in [0, 0.05) is 18.1 Å². The van der Waals surface area contributed by atoms with Gasteiger partial charge in [-0.1, -0.05) is 0 Å². The van der Waals surface area contributed by atoms with Gasteiger partial charge in [-0.25, -0.2) is 0 Å². The van der Waals surface area contributed by atoms with Gasteiger partial charge in [0.25, 0.3) is 0 Å². The van der Waals surface area contributed by atoms with Crippen molar-refractivity contribution in [1.29, 1.82) is 0 Å². The first kappa shape index (κ1) is 13.5. The summed E-state index contributed by atoms with van der Waals surface area (Å²) in [6.45, 7) is 1.93. The Hall–Kier alpha value is -0.940. The molecule has 5 heteroatoms. The van der Waals surface area contributed by atoms with Gasteiger partial charge in [-0.05, 0) is 41.7 Å². The first-order valence-electron chi connectivity index (χ1n) is 6.24. The number of rotatable bonds is 4. The molecule has 0 unspecified atom stereocenters. The van der Waals surface area contributed by atoms with Crippen LogP contribution >= 0.6 is 15.9 Å². The Morgan fingerprint density at radius 3 is 2.83 bits per heavy atom. The Labute approximate surface area is 115 Å². The fourth-order valence-electron chi connectivity index (χ4n) is 2.01. The Balaban J connectivity index is 2.32. The van der Waals surface area contributed by atoms with Gasteiger partial charge in [0.1, 0.15) is 5.75 Å². The van der Waals surface area contributed by atoms with Crippen LogP contribution in [-0.2, 0) is 6.42 Å². The molecule has 0 bridgehead atoms. The number of hydrogen-bond acceptors (Lipinski definition) is 4. The largest absolute Gasteiger partial charge is 0.506 e. The topological polar surface area (TPSA) is 64.7 Å². The molecule has 1 aliphatic rings. The minimum atomic E-state index is 0.247. The second-order valence-corrected chi connectivity index (χ2v) is 5.16. The third kappa shape index (κ3) is 2.90. The van der Waals surface area contributed by atoms with Crippen molar-refractivity contribution in [2.45, 2.75) is 25.7 Å². The summed E-state index contributed by atoms with van der Waals surface area (Å²) in [5.41, 5.74) is 6.31. The molecule has 1 aromatic rings. The molecule has 0 amide bonds. The number of unbranched alkanes of at least 4 members (excludes halogenated alkanes) is 1. The smallest absolute Gasteiger partial charge is 0.168 e. The highest BCUT2D eigenvalue weighted by molar-refractivity contribution is 9.10. The summed E-state index contributed by atoms with van der Waals surface area (Å²) in [5.74, 6) is 1.64. The average molecular weight is 316 g/mol. The van der Waals surface area contributed by atoms with Crippen LogP contribution < -0.4 is 15.2 Å². The number of phenolic OH excluding ortho intramolecular Hbond substituents is 1. The standard InChI is InChI=1S/C13H18BrNO3/c14-10-8-11-13(18-7-3-6-17-11)9(12(10)16)4-1-2-5-15/h8,16H,1-7,15H2. The van der Waals surface area contributed by atoms with Gasteiger partial charge in [0.05, 0.1) is 17.7 Å². The van der Waals surface area contributed by atoms with Crippen LogP contribution in [0.15, 0.2) is 10.5 Å². The summed E-state index contributed by atoms with van der Waals surface area (Å²) in [7, 11) is 0. The third-order valence-electron chi connectivity index (χ3n) is 2.94. The van der Waals surface area contributed by atoms with E-state index >= 15 is 0 Å². The van der Waals surface area contributed by atoms with Crippen molar-refractivity contribution in [1.82, 2.24) is 0 Å². The third-order valence-corrected chi connectivity index (χ3v) is 3.55. The number of benzene rings is 1. The van der Waals surface area contributed by atoms with Gasteiger partial charge in [0.15, 0.2) is 11.5 Å². The molecule has 0 saturated carbocycles. The van der Waals surface area contributed by atoms with Crippen molar-refractivity contribution in [2.24, 2.45) is 5.73 Å². The summed E-state index contributed by atoms with van der Waals surface area (Å²) < 4.78 is 12.0. The van der Waals surface area contributed by atoms with Crippen LogP contribution in [0.3, 0.4) is 0 Å². The van der Waals surface area contributed by atoms with Crippen molar-refractivity contribution in [3.8, 4) is 17.2 Å². The molecule has 2 rings (SSSR count). The molecule has 0 atom stereocenters. The Kier molecular flexibility index (Phi) is 4.72. The number of halogens is 1. The van der Waals surface area contributed by atoms with E-state index in [1.165, 1.54) is 0 Å². The number of nitrogens with two attached hydrogens (primary N) is 1. The van der Waals surface area contributed by atoms with E-state index < -0.39 is 0 Å². The van der Waals surface area contributed by atoms with Crippen LogP contribution in [0.2, 0.25) is 0 Å². The zero-order chi connectivity index (χ0) is 13.0. The highest BCUT2D eigenvalue weighted by Gasteiger charge is 2.20. The zero-order valence-corrected chi connectivity index (χ0v) is 11.8. The van der Waals surface area contributed by atoms with Crippen LogP contribution in [-0.4, -0.2) is 24.9 Å². The Morgan fingerprint density at radius 2 is 2.06 bits per heavy atom. The van der Waals surface area contributed by atoms with Crippen molar-refractivity contribution < 1.29 is 14.6 Å². The zero-order valence-electron chi connectivity index (χ0n) is 10.2. The van der Waals surface area contributed by atoms with E-state index in [2.05, 4.69) is 15.9 Å². The normalized spacial score (nSPS) is 14.3. The fraction of sp³-hybridized carbons (Fsp3) is 0.538. The molecule has 100 valence electrons. The van der Waals surface area contributed by atoms with Crippen LogP contribution in [0.25, 0.3) is 0 Å². The summed E-state index contributed by atoms with van der Waals surface area (Å²) in [5, 5.41) is 10.1. The highest BCUT2D eigenvalue weighted by Crippen LogP contribution is 2.44. The van der Waals surface area contributed by atoms with Gasteiger partial charge < -0.3 is 20.3 Å². The predicted molar refractivity (Wildman–Crippen MR) is 73.4 cm³/mol. The molecule has 1 aromatic carbocycles. The minimum Gasteiger partial charge on any atom is -0.506 e. The molecule has 0 fully saturated rings. The van der Waals surface area contributed by atoms with Gasteiger partial charge in [-0.2, -0.15) is 0 Å². The second kappa shape index (κ2) is 6.29. The second-order valence-electron chi connectivity index (χ2n) is 4.31. The molecular formula is C13H18BrNO3. The van der Waals surface area contributed by atoms with E-state index in [4.69, 9.17) is 15.2 Å². The molecule has 0 aliphatic carbocycles. The van der Waals surface area contributed by atoms with E-state index in [1.807, 2.05) is 0 Å². The van der Waals surface area contributed by atoms with Gasteiger partial charge in [0.2, 0.25) is 0 Å². The molecule has 0 aromatic heterocycles. The van der Waals surface area contributed by atoms with Gasteiger partial charge in [-0.3, -0.25) is 0 Å². The van der Waals surface area contributed by atoms with E-state index in [9.17, 15) is 5.11 Å². The van der Waals surface area contributed by atoms with Crippen LogP contribution in [0.4, 0.5) is 0 Å². The minimum absolute atomic E-state index is 0.247. The molecule has 3 N–H and O–H groups in total. The Morgan fingerprint density at radius 1 is 1.28 bits per heavy atom. The molecule has 0 saturated heterocycles. The molecule has 0 spiro atoms. The molecule has 1 aliphatic heterocycles. The van der Waals surface area contributed by atoms with E-state index in [1.54, 1.807) is 6.07 Å². The maximum atomic E-state index is 10.1. The van der Waals surface area contributed by atoms with E-state index in [-0.39, 0.29) is 5.75 Å². The van der Waals surface area contributed by atoms with Crippen LogP contribution in [0, 0.1) is 0 Å². The fourth-order valence-corrected chi connectivity index (χ4v) is 2.46. The van der Waals surface area contributed by atoms with E-state index in [0.717, 1.165) is 31.2 Å². The lowest BCUT2D eigenvalue weighted by Gasteiger charge is -2.15. The SMILES string of the molecule is NCCCCc1c(O)c(Br)cc2c1OCCCO2. The number of ether oxygens (including phenoxy) is 2. The summed E-state index contributed by atoms with van der Waals surface area (Å²) >= 11 is 3.35. The van der Waals surface area contributed by atoms with E-state index in [0.29, 0.717) is 35.7 Å². The molecular weight excluding hydrogens is 298 g/mol. The first-order valence-corrected chi connectivity index (χ1v) is 7.03. The average Bonchev–Trinajstić information content (AvgIpc) is 2.59. The summed E-state index contributed by atoms with van der Waals surface area (Å²) in [4.78, 5) is 0. The molecule has 0 radical (unpaired) electrons. The lowest BCUT2D eigenvalue weighted by molar-refractivity contribution is 0.295. The van der Waals surface area contributed by atoms with Crippen molar-refractivity contribution in [3.05, 3.63) is 16.1 Å². The van der Waals surface area contributed by atoms with Crippen LogP contribution in [0.5, 0.6) is 17.2 Å². The number of hydrogen-bond donors (Lipinski definition) is 2. The number of fused-ring (bicyclic) bond motifs is 1. The monoisotopic (exact) mass is 315 g/mol. The lowest BCUT2D eigenvalue weighted by atomic mass is 10.1. The quantitative estimate of drug-likeness (QED) is 0.838. The maximum absolute atomic E-state index is 10.1. The van der Waals surface area contributed by atoms with Crippen molar-refractivity contribution in [2.75, 3.05) is 19.8 Å². The maximum Gasteiger partial charge on any atom is 0.168 e. The predicted octanol–water partition coefficient (Wildman–Crippen LogP) is 2.60. The van der Waals surface area contributed by atoms with Gasteiger partial charge >= 0.3 is 0 Å². The van der Waals surface area contributed by atoms with Gasteiger partial charge in [-0.15, -0.1) is 0 Å². The molecule has 1 heterocycles. The Bertz CT molecular complexity index is 423. The molecule has 18 heavy (non-hydrogen) atoms. The first-order chi connectivity index (χ1) is 8.74. The van der Waals surface area contributed by atoms with Crippen molar-refractivity contribution in [3.63, 3.8) is 0 Å². The summed E-state index contributed by atoms with van der Waals surface area (Å²) in [6.07, 6.45) is 3.46. The number of phenols is 1. The van der Waals surface area contributed by atoms with Crippen LogP contribution in [0.1, 0.15) is 24.8 Å². The highest BCUT2D eigenvalue weighted by atomic mass is 79.9. The number of aromatic hydroxyl groups is 1. The molecule has 4 nitrogen and oxygen atoms in total. The van der Waals surface area contributed by atoms with Crippen molar-refractivity contribution >= 4 is 15.9 Å². The lowest BCUT2D eigenvalue weighted by Crippen LogP contribution is -2.02. The summed E-state index contributed by atoms with van der Waals surface area (Å²) in [6, 6.07) is 1.77.